The quantitative estimate of drug-likeness (QED) is 0.252. The van der Waals surface area contributed by atoms with Crippen LogP contribution in [0.1, 0.15) is 41.9 Å². The van der Waals surface area contributed by atoms with Crippen LogP contribution in [0.25, 0.3) is 0 Å². The summed E-state index contributed by atoms with van der Waals surface area (Å²) in [7, 11) is 1.76. The van der Waals surface area contributed by atoms with Crippen LogP contribution in [-0.2, 0) is 11.3 Å². The zero-order valence-corrected chi connectivity index (χ0v) is 17.7. The average molecular weight is 464 g/mol. The Bertz CT molecular complexity index is 526. The first kappa shape index (κ1) is 21.2. The molecule has 0 atom stereocenters. The number of carbonyl (C=O) groups is 1. The lowest BCUT2D eigenvalue weighted by Gasteiger charge is -2.13. The van der Waals surface area contributed by atoms with Gasteiger partial charge in [0.25, 0.3) is 0 Å². The number of hydrogen-bond donors (Lipinski definition) is 3. The fourth-order valence-electron chi connectivity index (χ4n) is 2.90. The van der Waals surface area contributed by atoms with E-state index in [0.717, 1.165) is 12.5 Å². The Morgan fingerprint density at radius 1 is 1.21 bits per heavy atom. The maximum atomic E-state index is 11.8. The average Bonchev–Trinajstić information content (AvgIpc) is 3.18. The molecule has 0 bridgehead atoms. The molecule has 0 unspecified atom stereocenters. The summed E-state index contributed by atoms with van der Waals surface area (Å²) in [5, 5.41) is 9.49. The van der Waals surface area contributed by atoms with Crippen LogP contribution in [0.4, 0.5) is 0 Å². The summed E-state index contributed by atoms with van der Waals surface area (Å²) in [6.07, 6.45) is 5.68. The molecule has 24 heavy (non-hydrogen) atoms. The van der Waals surface area contributed by atoms with E-state index >= 15 is 0 Å². The highest BCUT2D eigenvalue weighted by Crippen LogP contribution is 2.27. The second kappa shape index (κ2) is 11.7. The number of carbonyl (C=O) groups excluding carboxylic acids is 1. The molecular weight excluding hydrogens is 435 g/mol. The minimum Gasteiger partial charge on any atom is -0.355 e. The molecule has 1 fully saturated rings. The van der Waals surface area contributed by atoms with E-state index in [-0.39, 0.29) is 29.9 Å². The van der Waals surface area contributed by atoms with Crippen molar-refractivity contribution in [1.82, 2.24) is 16.0 Å². The zero-order valence-electron chi connectivity index (χ0n) is 14.6. The third kappa shape index (κ3) is 7.83. The van der Waals surface area contributed by atoms with Crippen molar-refractivity contribution in [3.05, 3.63) is 21.9 Å². The first-order chi connectivity index (χ1) is 11.2. The van der Waals surface area contributed by atoms with E-state index in [9.17, 15) is 4.79 Å². The smallest absolute Gasteiger partial charge is 0.220 e. The maximum Gasteiger partial charge on any atom is 0.220 e. The largest absolute Gasteiger partial charge is 0.355 e. The number of nitrogens with one attached hydrogen (secondary N) is 3. The van der Waals surface area contributed by atoms with E-state index in [2.05, 4.69) is 40.0 Å². The molecule has 3 N–H and O–H groups in total. The third-order valence-electron chi connectivity index (χ3n) is 4.14. The van der Waals surface area contributed by atoms with Crippen LogP contribution in [0.15, 0.2) is 17.1 Å². The molecule has 1 aliphatic carbocycles. The van der Waals surface area contributed by atoms with E-state index < -0.39 is 0 Å². The Kier molecular flexibility index (Phi) is 10.3. The van der Waals surface area contributed by atoms with Crippen molar-refractivity contribution >= 4 is 47.2 Å². The number of aliphatic imine (C=N–C) groups is 1. The normalized spacial score (nSPS) is 15.0. The fourth-order valence-corrected chi connectivity index (χ4v) is 3.73. The van der Waals surface area contributed by atoms with Crippen LogP contribution < -0.4 is 16.0 Å². The Morgan fingerprint density at radius 3 is 2.54 bits per heavy atom. The van der Waals surface area contributed by atoms with E-state index in [1.54, 1.807) is 18.4 Å². The first-order valence-corrected chi connectivity index (χ1v) is 9.25. The van der Waals surface area contributed by atoms with Crippen LogP contribution in [0.3, 0.4) is 0 Å². The standard InChI is InChI=1S/C17H28N4OS.HI/c1-13-7-8-15(23-13)12-21-17(18-2)20-10-9-19-16(22)11-14-5-3-4-6-14;/h7-8,14H,3-6,9-12H2,1-2H3,(H,19,22)(H2,18,20,21);1H. The summed E-state index contributed by atoms with van der Waals surface area (Å²) >= 11 is 1.79. The molecule has 136 valence electrons. The number of halogens is 1. The van der Waals surface area contributed by atoms with E-state index in [4.69, 9.17) is 0 Å². The van der Waals surface area contributed by atoms with Crippen molar-refractivity contribution < 1.29 is 4.79 Å². The minimum atomic E-state index is 0. The third-order valence-corrected chi connectivity index (χ3v) is 5.14. The Hall–Kier alpha value is -0.830. The van der Waals surface area contributed by atoms with Gasteiger partial charge < -0.3 is 16.0 Å². The lowest BCUT2D eigenvalue weighted by Crippen LogP contribution is -2.41. The molecule has 0 spiro atoms. The Morgan fingerprint density at radius 2 is 1.92 bits per heavy atom. The molecule has 0 saturated heterocycles. The van der Waals surface area contributed by atoms with E-state index in [1.807, 2.05) is 0 Å². The highest BCUT2D eigenvalue weighted by Gasteiger charge is 2.17. The summed E-state index contributed by atoms with van der Waals surface area (Å²) in [6, 6.07) is 4.25. The number of aryl methyl sites for hydroxylation is 1. The van der Waals surface area contributed by atoms with Gasteiger partial charge >= 0.3 is 0 Å². The molecule has 1 amide bonds. The molecule has 1 aromatic heterocycles. The summed E-state index contributed by atoms with van der Waals surface area (Å²) in [4.78, 5) is 18.6. The van der Waals surface area contributed by atoms with Crippen molar-refractivity contribution in [1.29, 1.82) is 0 Å². The molecule has 0 aliphatic heterocycles. The number of hydrogen-bond acceptors (Lipinski definition) is 3. The summed E-state index contributed by atoms with van der Waals surface area (Å²) < 4.78 is 0. The van der Waals surface area contributed by atoms with Gasteiger partial charge in [-0.3, -0.25) is 9.79 Å². The molecular formula is C17H29IN4OS. The highest BCUT2D eigenvalue weighted by atomic mass is 127. The molecule has 5 nitrogen and oxygen atoms in total. The van der Waals surface area contributed by atoms with Gasteiger partial charge in [0.1, 0.15) is 0 Å². The van der Waals surface area contributed by atoms with Crippen molar-refractivity contribution in [3.8, 4) is 0 Å². The van der Waals surface area contributed by atoms with Gasteiger partial charge in [-0.15, -0.1) is 35.3 Å². The predicted molar refractivity (Wildman–Crippen MR) is 112 cm³/mol. The van der Waals surface area contributed by atoms with Gasteiger partial charge in [-0.05, 0) is 37.8 Å². The summed E-state index contributed by atoms with van der Waals surface area (Å²) in [5.74, 6) is 1.54. The highest BCUT2D eigenvalue weighted by molar-refractivity contribution is 14.0. The van der Waals surface area contributed by atoms with Crippen molar-refractivity contribution in [3.63, 3.8) is 0 Å². The van der Waals surface area contributed by atoms with E-state index in [1.165, 1.54) is 35.4 Å². The molecule has 1 saturated carbocycles. The topological polar surface area (TPSA) is 65.5 Å². The Balaban J connectivity index is 0.00000288. The predicted octanol–water partition coefficient (Wildman–Crippen LogP) is 3.04. The van der Waals surface area contributed by atoms with Gasteiger partial charge in [-0.2, -0.15) is 0 Å². The summed E-state index contributed by atoms with van der Waals surface area (Å²) in [5.41, 5.74) is 0. The maximum absolute atomic E-state index is 11.8. The van der Waals surface area contributed by atoms with Gasteiger partial charge in [-0.1, -0.05) is 12.8 Å². The van der Waals surface area contributed by atoms with Gasteiger partial charge in [0.05, 0.1) is 6.54 Å². The molecule has 7 heteroatoms. The number of rotatable bonds is 7. The van der Waals surface area contributed by atoms with Crippen LogP contribution in [0.2, 0.25) is 0 Å². The number of guanidine groups is 1. The molecule has 2 rings (SSSR count). The van der Waals surface area contributed by atoms with Gasteiger partial charge in [0.15, 0.2) is 5.96 Å². The minimum absolute atomic E-state index is 0. The van der Waals surface area contributed by atoms with Gasteiger partial charge in [0.2, 0.25) is 5.91 Å². The Labute approximate surface area is 166 Å². The SMILES string of the molecule is CN=C(NCCNC(=O)CC1CCCC1)NCc1ccc(C)s1.I. The van der Waals surface area contributed by atoms with Crippen molar-refractivity contribution in [2.24, 2.45) is 10.9 Å². The molecule has 1 aromatic rings. The monoisotopic (exact) mass is 464 g/mol. The fraction of sp³-hybridized carbons (Fsp3) is 0.647. The van der Waals surface area contributed by atoms with Gasteiger partial charge in [-0.25, -0.2) is 0 Å². The van der Waals surface area contributed by atoms with Crippen molar-refractivity contribution in [2.75, 3.05) is 20.1 Å². The van der Waals surface area contributed by atoms with Crippen molar-refractivity contribution in [2.45, 2.75) is 45.6 Å². The van der Waals surface area contributed by atoms with E-state index in [0.29, 0.717) is 25.4 Å². The lowest BCUT2D eigenvalue weighted by atomic mass is 10.0. The van der Waals surface area contributed by atoms with Crippen LogP contribution in [0.5, 0.6) is 0 Å². The number of nitrogens with zero attached hydrogens (tertiary/aromatic N) is 1. The van der Waals surface area contributed by atoms with Crippen LogP contribution in [0, 0.1) is 12.8 Å². The van der Waals surface area contributed by atoms with Crippen LogP contribution >= 0.6 is 35.3 Å². The summed E-state index contributed by atoms with van der Waals surface area (Å²) in [6.45, 7) is 4.19. The van der Waals surface area contributed by atoms with Crippen LogP contribution in [-0.4, -0.2) is 32.0 Å². The number of thiophene rings is 1. The zero-order chi connectivity index (χ0) is 16.5. The molecule has 0 aromatic carbocycles. The second-order valence-corrected chi connectivity index (χ2v) is 7.44. The molecule has 1 heterocycles. The second-order valence-electron chi connectivity index (χ2n) is 6.07. The number of amides is 1. The molecule has 1 aliphatic rings. The first-order valence-electron chi connectivity index (χ1n) is 8.44. The van der Waals surface area contributed by atoms with Gasteiger partial charge in [0, 0.05) is 36.3 Å². The molecule has 0 radical (unpaired) electrons. The lowest BCUT2D eigenvalue weighted by molar-refractivity contribution is -0.121.